The molecule has 47 heavy (non-hydrogen) atoms. The van der Waals surface area contributed by atoms with Crippen LogP contribution in [0.1, 0.15) is 103 Å². The van der Waals surface area contributed by atoms with Crippen molar-refractivity contribution >= 4 is 11.7 Å². The SMILES string of the molecule is CCCC(OC)OC/C(C)=C/CC/C(C)=C/CN(C/C=C(\C)CC/C=C(\C)COC1CCCCO1)c1cc(C(=O)OC)ccc1OC. The maximum absolute atomic E-state index is 12.4. The molecule has 0 saturated carbocycles. The van der Waals surface area contributed by atoms with Crippen molar-refractivity contribution in [3.05, 3.63) is 70.4 Å². The highest BCUT2D eigenvalue weighted by Gasteiger charge is 2.16. The summed E-state index contributed by atoms with van der Waals surface area (Å²) in [5.41, 5.74) is 6.38. The van der Waals surface area contributed by atoms with E-state index in [-0.39, 0.29) is 18.5 Å². The molecule has 1 aromatic carbocycles. The van der Waals surface area contributed by atoms with E-state index in [1.54, 1.807) is 20.3 Å². The molecule has 264 valence electrons. The molecule has 0 bridgehead atoms. The van der Waals surface area contributed by atoms with Gasteiger partial charge in [-0.1, -0.05) is 59.9 Å². The van der Waals surface area contributed by atoms with Gasteiger partial charge in [-0.3, -0.25) is 0 Å². The molecule has 0 spiro atoms. The minimum absolute atomic E-state index is 0.0632. The van der Waals surface area contributed by atoms with Crippen LogP contribution in [0.3, 0.4) is 0 Å². The number of benzene rings is 1. The molecule has 1 aliphatic heterocycles. The van der Waals surface area contributed by atoms with Gasteiger partial charge >= 0.3 is 5.97 Å². The standard InChI is InChI=1S/C39H61NO7/c1-9-14-37(43-7)46-28-32(4)17-12-15-30(2)22-24-40(35-27-34(39(41)44-8)20-21-36(35)42-6)25-23-31(3)16-13-18-33(5)29-47-38-19-10-11-26-45-38/h17-18,20-23,27,37-38H,9-16,19,24-26,28-29H2,1-8H3/b30-22+,31-23+,32-17+,33-18+. The van der Waals surface area contributed by atoms with Gasteiger partial charge in [0.1, 0.15) is 5.75 Å². The lowest BCUT2D eigenvalue weighted by atomic mass is 10.1. The van der Waals surface area contributed by atoms with E-state index >= 15 is 0 Å². The molecule has 1 heterocycles. The summed E-state index contributed by atoms with van der Waals surface area (Å²) < 4.78 is 33.6. The number of carbonyl (C=O) groups excluding carboxylic acids is 1. The number of anilines is 1. The molecule has 0 aliphatic carbocycles. The molecule has 8 nitrogen and oxygen atoms in total. The summed E-state index contributed by atoms with van der Waals surface area (Å²) in [6, 6.07) is 5.43. The monoisotopic (exact) mass is 655 g/mol. The van der Waals surface area contributed by atoms with E-state index in [1.165, 1.54) is 35.8 Å². The van der Waals surface area contributed by atoms with E-state index < -0.39 is 0 Å². The van der Waals surface area contributed by atoms with Crippen LogP contribution in [-0.2, 0) is 23.7 Å². The van der Waals surface area contributed by atoms with Gasteiger partial charge in [-0.05, 0) is 97.3 Å². The van der Waals surface area contributed by atoms with E-state index in [0.717, 1.165) is 63.7 Å². The average Bonchev–Trinajstić information content (AvgIpc) is 3.09. The molecular formula is C39H61NO7. The van der Waals surface area contributed by atoms with Crippen molar-refractivity contribution in [3.63, 3.8) is 0 Å². The normalized spacial score (nSPS) is 17.1. The van der Waals surface area contributed by atoms with Gasteiger partial charge in [-0.15, -0.1) is 0 Å². The molecule has 2 unspecified atom stereocenters. The zero-order chi connectivity index (χ0) is 34.4. The van der Waals surface area contributed by atoms with E-state index in [4.69, 9.17) is 28.4 Å². The topological polar surface area (TPSA) is 75.7 Å². The zero-order valence-electron chi connectivity index (χ0n) is 30.4. The lowest BCUT2D eigenvalue weighted by Gasteiger charge is -2.25. The van der Waals surface area contributed by atoms with Crippen LogP contribution in [0.25, 0.3) is 0 Å². The lowest BCUT2D eigenvalue weighted by Crippen LogP contribution is -2.25. The Bertz CT molecular complexity index is 1130. The number of methoxy groups -OCH3 is 3. The Morgan fingerprint density at radius 1 is 0.915 bits per heavy atom. The van der Waals surface area contributed by atoms with Crippen LogP contribution in [-0.4, -0.2) is 72.8 Å². The first kappa shape index (κ1) is 40.3. The summed E-state index contributed by atoms with van der Waals surface area (Å²) in [7, 11) is 4.75. The molecule has 2 atom stereocenters. The molecule has 1 aromatic rings. The molecule has 0 aromatic heterocycles. The van der Waals surface area contributed by atoms with Gasteiger partial charge in [0.05, 0.1) is 38.7 Å². The Balaban J connectivity index is 2.07. The summed E-state index contributed by atoms with van der Waals surface area (Å²) in [5, 5.41) is 0. The van der Waals surface area contributed by atoms with E-state index in [0.29, 0.717) is 37.6 Å². The lowest BCUT2D eigenvalue weighted by molar-refractivity contribution is -0.156. The Morgan fingerprint density at radius 3 is 2.13 bits per heavy atom. The van der Waals surface area contributed by atoms with Crippen molar-refractivity contribution in [2.75, 3.05) is 59.1 Å². The molecular weight excluding hydrogens is 594 g/mol. The molecule has 1 fully saturated rings. The highest BCUT2D eigenvalue weighted by Crippen LogP contribution is 2.30. The fraction of sp³-hybridized carbons (Fsp3) is 0.615. The van der Waals surface area contributed by atoms with Gasteiger partial charge in [-0.2, -0.15) is 0 Å². The second-order valence-corrected chi connectivity index (χ2v) is 12.4. The highest BCUT2D eigenvalue weighted by molar-refractivity contribution is 5.91. The quantitative estimate of drug-likeness (QED) is 0.0696. The molecule has 0 radical (unpaired) electrons. The predicted octanol–water partition coefficient (Wildman–Crippen LogP) is 8.97. The Labute approximate surface area is 284 Å². The highest BCUT2D eigenvalue weighted by atomic mass is 16.7. The molecule has 1 saturated heterocycles. The number of nitrogens with zero attached hydrogens (tertiary/aromatic N) is 1. The molecule has 1 aliphatic rings. The van der Waals surface area contributed by atoms with Gasteiger partial charge in [-0.25, -0.2) is 4.79 Å². The summed E-state index contributed by atoms with van der Waals surface area (Å²) in [4.78, 5) is 14.6. The minimum Gasteiger partial charge on any atom is -0.495 e. The first-order valence-electron chi connectivity index (χ1n) is 17.2. The van der Waals surface area contributed by atoms with Crippen LogP contribution in [0.15, 0.2) is 64.8 Å². The summed E-state index contributed by atoms with van der Waals surface area (Å²) >= 11 is 0. The molecule has 0 amide bonds. The Kier molecular flexibility index (Phi) is 20.1. The van der Waals surface area contributed by atoms with E-state index in [9.17, 15) is 4.79 Å². The van der Waals surface area contributed by atoms with Gasteiger partial charge in [0, 0.05) is 26.8 Å². The van der Waals surface area contributed by atoms with E-state index in [2.05, 4.69) is 63.8 Å². The molecule has 8 heteroatoms. The van der Waals surface area contributed by atoms with Crippen LogP contribution >= 0.6 is 0 Å². The van der Waals surface area contributed by atoms with Crippen molar-refractivity contribution < 1.29 is 33.2 Å². The predicted molar refractivity (Wildman–Crippen MR) is 191 cm³/mol. The largest absolute Gasteiger partial charge is 0.495 e. The van der Waals surface area contributed by atoms with Crippen LogP contribution in [0.5, 0.6) is 5.75 Å². The number of rotatable bonds is 22. The first-order chi connectivity index (χ1) is 22.7. The van der Waals surface area contributed by atoms with Crippen LogP contribution in [0.4, 0.5) is 5.69 Å². The van der Waals surface area contributed by atoms with Crippen molar-refractivity contribution in [2.45, 2.75) is 105 Å². The molecule has 2 rings (SSSR count). The first-order valence-corrected chi connectivity index (χ1v) is 17.2. The third-order valence-electron chi connectivity index (χ3n) is 8.24. The number of esters is 1. The van der Waals surface area contributed by atoms with Gasteiger partial charge in [0.15, 0.2) is 12.6 Å². The summed E-state index contributed by atoms with van der Waals surface area (Å²) in [6.07, 6.45) is 17.8. The number of ether oxygens (including phenoxy) is 6. The van der Waals surface area contributed by atoms with Crippen LogP contribution in [0.2, 0.25) is 0 Å². The number of hydrogen-bond acceptors (Lipinski definition) is 8. The summed E-state index contributed by atoms with van der Waals surface area (Å²) in [5.74, 6) is 0.345. The second-order valence-electron chi connectivity index (χ2n) is 12.4. The Morgan fingerprint density at radius 2 is 1.57 bits per heavy atom. The van der Waals surface area contributed by atoms with Gasteiger partial charge in [0.2, 0.25) is 0 Å². The third-order valence-corrected chi connectivity index (χ3v) is 8.24. The van der Waals surface area contributed by atoms with Gasteiger partial charge in [0.25, 0.3) is 0 Å². The molecule has 0 N–H and O–H groups in total. The fourth-order valence-electron chi connectivity index (χ4n) is 5.20. The van der Waals surface area contributed by atoms with Crippen LogP contribution < -0.4 is 9.64 Å². The van der Waals surface area contributed by atoms with Crippen molar-refractivity contribution in [1.82, 2.24) is 0 Å². The third kappa shape index (κ3) is 16.2. The average molecular weight is 656 g/mol. The minimum atomic E-state index is -0.369. The van der Waals surface area contributed by atoms with Crippen molar-refractivity contribution in [2.24, 2.45) is 0 Å². The van der Waals surface area contributed by atoms with Crippen molar-refractivity contribution in [1.29, 1.82) is 0 Å². The van der Waals surface area contributed by atoms with E-state index in [1.807, 2.05) is 12.1 Å². The maximum atomic E-state index is 12.4. The van der Waals surface area contributed by atoms with Crippen LogP contribution in [0, 0.1) is 0 Å². The van der Waals surface area contributed by atoms with Gasteiger partial charge < -0.3 is 33.3 Å². The van der Waals surface area contributed by atoms with Crippen molar-refractivity contribution in [3.8, 4) is 5.75 Å². The number of carbonyl (C=O) groups is 1. The zero-order valence-corrected chi connectivity index (χ0v) is 30.4. The number of hydrogen-bond donors (Lipinski definition) is 0. The second kappa shape index (κ2) is 23.4. The maximum Gasteiger partial charge on any atom is 0.337 e. The smallest absolute Gasteiger partial charge is 0.337 e. The Hall–Kier alpha value is -2.91. The summed E-state index contributed by atoms with van der Waals surface area (Å²) in [6.45, 7) is 14.0. The number of allylic oxidation sites excluding steroid dienone is 4. The fourth-order valence-corrected chi connectivity index (χ4v) is 5.20.